The van der Waals surface area contributed by atoms with E-state index < -0.39 is 0 Å². The summed E-state index contributed by atoms with van der Waals surface area (Å²) < 4.78 is 6.09. The maximum Gasteiger partial charge on any atom is 0.0795 e. The lowest BCUT2D eigenvalue weighted by Crippen LogP contribution is -2.50. The molecule has 2 N–H and O–H groups in total. The average molecular weight is 299 g/mol. The minimum Gasteiger partial charge on any atom is -0.396 e. The number of hydrogen-bond acceptors (Lipinski definition) is 4. The van der Waals surface area contributed by atoms with Crippen LogP contribution < -0.4 is 5.32 Å². The van der Waals surface area contributed by atoms with Crippen molar-refractivity contribution in [1.82, 2.24) is 5.32 Å². The van der Waals surface area contributed by atoms with Crippen molar-refractivity contribution in [3.05, 3.63) is 0 Å². The smallest absolute Gasteiger partial charge is 0.0795 e. The largest absolute Gasteiger partial charge is 0.396 e. The van der Waals surface area contributed by atoms with Crippen LogP contribution in [-0.4, -0.2) is 48.0 Å². The van der Waals surface area contributed by atoms with E-state index in [1.807, 2.05) is 11.8 Å². The van der Waals surface area contributed by atoms with Crippen LogP contribution in [0.3, 0.4) is 0 Å². The Morgan fingerprint density at radius 1 is 1.20 bits per heavy atom. The highest BCUT2D eigenvalue weighted by Crippen LogP contribution is 2.39. The van der Waals surface area contributed by atoms with Gasteiger partial charge in [0.25, 0.3) is 0 Å². The van der Waals surface area contributed by atoms with Crippen molar-refractivity contribution in [1.29, 1.82) is 0 Å². The summed E-state index contributed by atoms with van der Waals surface area (Å²) in [5, 5.41) is 13.6. The molecule has 3 nitrogen and oxygen atoms in total. The molecule has 2 atom stereocenters. The summed E-state index contributed by atoms with van der Waals surface area (Å²) in [7, 11) is 0. The Morgan fingerprint density at radius 2 is 2.05 bits per heavy atom. The van der Waals surface area contributed by atoms with Gasteiger partial charge in [-0.15, -0.1) is 0 Å². The van der Waals surface area contributed by atoms with Crippen LogP contribution in [0.25, 0.3) is 0 Å². The number of aliphatic hydroxyl groups excluding tert-OH is 1. The average Bonchev–Trinajstić information content (AvgIpc) is 2.94. The third kappa shape index (κ3) is 3.34. The Hall–Kier alpha value is 0.230. The van der Waals surface area contributed by atoms with Crippen LogP contribution in [0, 0.1) is 5.41 Å². The van der Waals surface area contributed by atoms with Crippen LogP contribution in [0.1, 0.15) is 51.4 Å². The van der Waals surface area contributed by atoms with Gasteiger partial charge >= 0.3 is 0 Å². The Kier molecular flexibility index (Phi) is 4.96. The first kappa shape index (κ1) is 15.1. The van der Waals surface area contributed by atoms with Crippen molar-refractivity contribution in [2.45, 2.75) is 63.0 Å². The van der Waals surface area contributed by atoms with Gasteiger partial charge in [0.15, 0.2) is 0 Å². The molecule has 0 aromatic rings. The minimum atomic E-state index is 0.161. The Bertz CT molecular complexity index is 312. The summed E-state index contributed by atoms with van der Waals surface area (Å²) in [6.45, 7) is 2.26. The summed E-state index contributed by atoms with van der Waals surface area (Å²) >= 11 is 2.04. The molecule has 2 aliphatic heterocycles. The van der Waals surface area contributed by atoms with Crippen LogP contribution in [0.2, 0.25) is 0 Å². The van der Waals surface area contributed by atoms with Gasteiger partial charge in [-0.3, -0.25) is 0 Å². The van der Waals surface area contributed by atoms with Crippen molar-refractivity contribution < 1.29 is 9.84 Å². The summed E-state index contributed by atoms with van der Waals surface area (Å²) in [4.78, 5) is 0. The number of nitrogens with one attached hydrogen (secondary N) is 1. The molecule has 0 radical (unpaired) electrons. The first-order valence-corrected chi connectivity index (χ1v) is 9.47. The standard InChI is InChI=1S/C16H29NO2S/c18-12-15(5-2-1-3-6-15)11-17-14-4-8-19-16(10-14)7-9-20-13-16/h14,17-18H,1-13H2. The highest BCUT2D eigenvalue weighted by molar-refractivity contribution is 7.99. The zero-order valence-electron chi connectivity index (χ0n) is 12.5. The van der Waals surface area contributed by atoms with Gasteiger partial charge in [0, 0.05) is 37.0 Å². The molecular weight excluding hydrogens is 270 g/mol. The van der Waals surface area contributed by atoms with Gasteiger partial charge in [-0.25, -0.2) is 0 Å². The normalized spacial score (nSPS) is 37.4. The summed E-state index contributed by atoms with van der Waals surface area (Å²) in [6.07, 6.45) is 9.84. The van der Waals surface area contributed by atoms with Crippen LogP contribution in [-0.2, 0) is 4.74 Å². The maximum absolute atomic E-state index is 9.81. The van der Waals surface area contributed by atoms with Crippen LogP contribution >= 0.6 is 11.8 Å². The first-order valence-electron chi connectivity index (χ1n) is 8.32. The number of hydrogen-bond donors (Lipinski definition) is 2. The number of ether oxygens (including phenoxy) is 1. The summed E-state index contributed by atoms with van der Waals surface area (Å²) in [6, 6.07) is 0.591. The third-order valence-corrected chi connectivity index (χ3v) is 6.80. The van der Waals surface area contributed by atoms with Gasteiger partial charge in [-0.1, -0.05) is 19.3 Å². The lowest BCUT2D eigenvalue weighted by molar-refractivity contribution is -0.0720. The predicted octanol–water partition coefficient (Wildman–Crippen LogP) is 2.57. The molecule has 0 bridgehead atoms. The van der Waals surface area contributed by atoms with Crippen molar-refractivity contribution in [3.8, 4) is 0 Å². The van der Waals surface area contributed by atoms with E-state index in [0.29, 0.717) is 12.6 Å². The quantitative estimate of drug-likeness (QED) is 0.837. The van der Waals surface area contributed by atoms with Gasteiger partial charge in [0.2, 0.25) is 0 Å². The van der Waals surface area contributed by atoms with E-state index in [4.69, 9.17) is 4.74 Å². The molecule has 4 heteroatoms. The predicted molar refractivity (Wildman–Crippen MR) is 84.3 cm³/mol. The molecule has 0 aromatic heterocycles. The fraction of sp³-hybridized carbons (Fsp3) is 1.00. The fourth-order valence-corrected chi connectivity index (χ4v) is 5.50. The number of rotatable bonds is 4. The second-order valence-electron chi connectivity index (χ2n) is 7.12. The van der Waals surface area contributed by atoms with Gasteiger partial charge in [-0.05, 0) is 37.9 Å². The third-order valence-electron chi connectivity index (χ3n) is 5.58. The highest BCUT2D eigenvalue weighted by atomic mass is 32.2. The Morgan fingerprint density at radius 3 is 2.75 bits per heavy atom. The molecule has 2 saturated heterocycles. The van der Waals surface area contributed by atoms with Crippen molar-refractivity contribution in [3.63, 3.8) is 0 Å². The highest BCUT2D eigenvalue weighted by Gasteiger charge is 2.41. The minimum absolute atomic E-state index is 0.161. The van der Waals surface area contributed by atoms with Gasteiger partial charge < -0.3 is 15.2 Å². The monoisotopic (exact) mass is 299 g/mol. The van der Waals surface area contributed by atoms with E-state index in [1.165, 1.54) is 56.5 Å². The van der Waals surface area contributed by atoms with Crippen molar-refractivity contribution >= 4 is 11.8 Å². The van der Waals surface area contributed by atoms with Crippen LogP contribution in [0.4, 0.5) is 0 Å². The molecule has 3 aliphatic rings. The SMILES string of the molecule is OCC1(CNC2CCOC3(CCSC3)C2)CCCCC1. The molecule has 3 fully saturated rings. The van der Waals surface area contributed by atoms with Crippen molar-refractivity contribution in [2.24, 2.45) is 5.41 Å². The van der Waals surface area contributed by atoms with Gasteiger partial charge in [0.1, 0.15) is 0 Å². The lowest BCUT2D eigenvalue weighted by Gasteiger charge is -2.41. The maximum atomic E-state index is 9.81. The zero-order valence-corrected chi connectivity index (χ0v) is 13.3. The van der Waals surface area contributed by atoms with E-state index >= 15 is 0 Å². The van der Waals surface area contributed by atoms with Crippen LogP contribution in [0.15, 0.2) is 0 Å². The number of thioether (sulfide) groups is 1. The van der Waals surface area contributed by atoms with E-state index in [0.717, 1.165) is 19.6 Å². The second-order valence-corrected chi connectivity index (χ2v) is 8.23. The molecule has 3 rings (SSSR count). The molecule has 1 aliphatic carbocycles. The second kappa shape index (κ2) is 6.55. The topological polar surface area (TPSA) is 41.5 Å². The zero-order chi connectivity index (χ0) is 13.9. The Labute approximate surface area is 127 Å². The summed E-state index contributed by atoms with van der Waals surface area (Å²) in [5.41, 5.74) is 0.327. The molecule has 0 aromatic carbocycles. The fourth-order valence-electron chi connectivity index (χ4n) is 4.12. The summed E-state index contributed by atoms with van der Waals surface area (Å²) in [5.74, 6) is 2.43. The van der Waals surface area contributed by atoms with E-state index in [2.05, 4.69) is 5.32 Å². The van der Waals surface area contributed by atoms with Gasteiger partial charge in [0.05, 0.1) is 5.60 Å². The molecule has 2 heterocycles. The molecule has 20 heavy (non-hydrogen) atoms. The molecule has 1 spiro atoms. The molecule has 1 saturated carbocycles. The molecular formula is C16H29NO2S. The molecule has 2 unspecified atom stereocenters. The Balaban J connectivity index is 1.52. The molecule has 0 amide bonds. The first-order chi connectivity index (χ1) is 9.76. The van der Waals surface area contributed by atoms with E-state index in [9.17, 15) is 5.11 Å². The van der Waals surface area contributed by atoms with E-state index in [-0.39, 0.29) is 11.0 Å². The van der Waals surface area contributed by atoms with Crippen molar-refractivity contribution in [2.75, 3.05) is 31.3 Å². The molecule has 116 valence electrons. The van der Waals surface area contributed by atoms with E-state index in [1.54, 1.807) is 0 Å². The van der Waals surface area contributed by atoms with Crippen LogP contribution in [0.5, 0.6) is 0 Å². The van der Waals surface area contributed by atoms with Gasteiger partial charge in [-0.2, -0.15) is 11.8 Å². The lowest BCUT2D eigenvalue weighted by atomic mass is 9.74. The number of aliphatic hydroxyl groups is 1.